The van der Waals surface area contributed by atoms with E-state index in [1.807, 2.05) is 32.0 Å². The summed E-state index contributed by atoms with van der Waals surface area (Å²) in [5, 5.41) is 2.62. The predicted octanol–water partition coefficient (Wildman–Crippen LogP) is 3.44. The molecule has 1 N–H and O–H groups in total. The van der Waals surface area contributed by atoms with Gasteiger partial charge in [-0.25, -0.2) is 4.39 Å². The molecule has 2 amide bonds. The molecule has 2 aromatic rings. The largest absolute Gasteiger partial charge is 0.494 e. The van der Waals surface area contributed by atoms with Gasteiger partial charge in [-0.1, -0.05) is 6.07 Å². The van der Waals surface area contributed by atoms with Crippen molar-refractivity contribution in [3.63, 3.8) is 0 Å². The molecule has 1 aliphatic heterocycles. The Hall–Kier alpha value is -2.89. The number of methoxy groups -OCH3 is 1. The lowest BCUT2D eigenvalue weighted by molar-refractivity contribution is -0.129. The van der Waals surface area contributed by atoms with E-state index >= 15 is 0 Å². The van der Waals surface area contributed by atoms with Crippen molar-refractivity contribution in [3.8, 4) is 5.75 Å². The molecule has 0 radical (unpaired) electrons. The second-order valence-electron chi connectivity index (χ2n) is 6.44. The summed E-state index contributed by atoms with van der Waals surface area (Å²) in [7, 11) is 1.37. The average molecular weight is 356 g/mol. The lowest BCUT2D eigenvalue weighted by atomic mass is 10.1. The number of nitrogens with zero attached hydrogens (tertiary/aromatic N) is 1. The SMILES string of the molecule is COc1ccc(NC(=O)C2CCN(c3ccc(C)c(C)c3)C2=O)cc1F. The molecule has 0 aliphatic carbocycles. The Morgan fingerprint density at radius 1 is 1.19 bits per heavy atom. The Kier molecular flexibility index (Phi) is 4.93. The Morgan fingerprint density at radius 2 is 1.96 bits per heavy atom. The minimum Gasteiger partial charge on any atom is -0.494 e. The van der Waals surface area contributed by atoms with Crippen LogP contribution in [0.15, 0.2) is 36.4 Å². The fourth-order valence-corrected chi connectivity index (χ4v) is 3.05. The third kappa shape index (κ3) is 3.40. The number of amides is 2. The average Bonchev–Trinajstić information content (AvgIpc) is 2.99. The Morgan fingerprint density at radius 3 is 2.62 bits per heavy atom. The maximum absolute atomic E-state index is 13.8. The first-order chi connectivity index (χ1) is 12.4. The number of aryl methyl sites for hydroxylation is 2. The summed E-state index contributed by atoms with van der Waals surface area (Å²) in [5.74, 6) is -1.91. The first kappa shape index (κ1) is 17.9. The van der Waals surface area contributed by atoms with Crippen LogP contribution in [-0.4, -0.2) is 25.5 Å². The van der Waals surface area contributed by atoms with E-state index < -0.39 is 17.6 Å². The first-order valence-electron chi connectivity index (χ1n) is 8.43. The number of ether oxygens (including phenoxy) is 1. The molecule has 1 unspecified atom stereocenters. The van der Waals surface area contributed by atoms with Crippen molar-refractivity contribution in [2.24, 2.45) is 5.92 Å². The van der Waals surface area contributed by atoms with Crippen LogP contribution in [0, 0.1) is 25.6 Å². The van der Waals surface area contributed by atoms with Gasteiger partial charge in [-0.3, -0.25) is 9.59 Å². The zero-order valence-electron chi connectivity index (χ0n) is 15.0. The van der Waals surface area contributed by atoms with Gasteiger partial charge in [-0.15, -0.1) is 0 Å². The van der Waals surface area contributed by atoms with Crippen LogP contribution >= 0.6 is 0 Å². The summed E-state index contributed by atoms with van der Waals surface area (Å²) in [5.41, 5.74) is 3.34. The van der Waals surface area contributed by atoms with Crippen molar-refractivity contribution in [1.29, 1.82) is 0 Å². The van der Waals surface area contributed by atoms with Crippen LogP contribution in [0.4, 0.5) is 15.8 Å². The molecule has 0 bridgehead atoms. The summed E-state index contributed by atoms with van der Waals surface area (Å²) in [6, 6.07) is 9.96. The van der Waals surface area contributed by atoms with Crippen LogP contribution in [0.3, 0.4) is 0 Å². The number of carbonyl (C=O) groups excluding carboxylic acids is 2. The van der Waals surface area contributed by atoms with Crippen LogP contribution in [0.1, 0.15) is 17.5 Å². The number of hydrogen-bond acceptors (Lipinski definition) is 3. The lowest BCUT2D eigenvalue weighted by Gasteiger charge is -2.18. The molecule has 3 rings (SSSR count). The van der Waals surface area contributed by atoms with E-state index in [0.29, 0.717) is 18.7 Å². The normalized spacial score (nSPS) is 16.7. The van der Waals surface area contributed by atoms with E-state index in [-0.39, 0.29) is 11.7 Å². The number of benzene rings is 2. The number of halogens is 1. The van der Waals surface area contributed by atoms with Gasteiger partial charge in [0.1, 0.15) is 5.92 Å². The number of carbonyl (C=O) groups is 2. The second-order valence-corrected chi connectivity index (χ2v) is 6.44. The van der Waals surface area contributed by atoms with Crippen LogP contribution in [-0.2, 0) is 9.59 Å². The van der Waals surface area contributed by atoms with Crippen molar-refractivity contribution < 1.29 is 18.7 Å². The molecule has 0 saturated carbocycles. The van der Waals surface area contributed by atoms with E-state index in [4.69, 9.17) is 4.74 Å². The van der Waals surface area contributed by atoms with E-state index in [1.54, 1.807) is 11.0 Å². The van der Waals surface area contributed by atoms with Crippen molar-refractivity contribution in [2.75, 3.05) is 23.9 Å². The molecule has 5 nitrogen and oxygen atoms in total. The lowest BCUT2D eigenvalue weighted by Crippen LogP contribution is -2.33. The smallest absolute Gasteiger partial charge is 0.239 e. The first-order valence-corrected chi connectivity index (χ1v) is 8.43. The number of nitrogens with one attached hydrogen (secondary N) is 1. The number of anilines is 2. The minimum absolute atomic E-state index is 0.0980. The van der Waals surface area contributed by atoms with Crippen LogP contribution in [0.2, 0.25) is 0 Å². The molecule has 0 aromatic heterocycles. The standard InChI is InChI=1S/C20H21FN2O3/c1-12-4-6-15(10-13(12)2)23-9-8-16(20(23)25)19(24)22-14-5-7-18(26-3)17(21)11-14/h4-7,10-11,16H,8-9H2,1-3H3,(H,22,24). The molecule has 2 aromatic carbocycles. The maximum Gasteiger partial charge on any atom is 0.239 e. The maximum atomic E-state index is 13.8. The molecule has 1 fully saturated rings. The fraction of sp³-hybridized carbons (Fsp3) is 0.300. The van der Waals surface area contributed by atoms with Gasteiger partial charge in [0.25, 0.3) is 0 Å². The highest BCUT2D eigenvalue weighted by molar-refractivity contribution is 6.13. The van der Waals surface area contributed by atoms with Gasteiger partial charge in [0.15, 0.2) is 11.6 Å². The van der Waals surface area contributed by atoms with Crippen molar-refractivity contribution in [3.05, 3.63) is 53.3 Å². The van der Waals surface area contributed by atoms with Gasteiger partial charge < -0.3 is 15.0 Å². The van der Waals surface area contributed by atoms with Crippen molar-refractivity contribution in [2.45, 2.75) is 20.3 Å². The fourth-order valence-electron chi connectivity index (χ4n) is 3.05. The van der Waals surface area contributed by atoms with Crippen LogP contribution in [0.25, 0.3) is 0 Å². The number of rotatable bonds is 4. The third-order valence-corrected chi connectivity index (χ3v) is 4.74. The van der Waals surface area contributed by atoms with Gasteiger partial charge in [0.05, 0.1) is 7.11 Å². The molecule has 136 valence electrons. The Bertz CT molecular complexity index is 866. The monoisotopic (exact) mass is 356 g/mol. The number of hydrogen-bond donors (Lipinski definition) is 1. The molecule has 1 saturated heterocycles. The van der Waals surface area contributed by atoms with Gasteiger partial charge in [-0.2, -0.15) is 0 Å². The van der Waals surface area contributed by atoms with Gasteiger partial charge in [-0.05, 0) is 55.7 Å². The molecule has 1 atom stereocenters. The molecular weight excluding hydrogens is 335 g/mol. The topological polar surface area (TPSA) is 58.6 Å². The molecule has 1 aliphatic rings. The minimum atomic E-state index is -0.776. The third-order valence-electron chi connectivity index (χ3n) is 4.74. The summed E-state index contributed by atoms with van der Waals surface area (Å²) < 4.78 is 18.6. The Balaban J connectivity index is 1.72. The van der Waals surface area contributed by atoms with Crippen molar-refractivity contribution >= 4 is 23.2 Å². The van der Waals surface area contributed by atoms with Crippen LogP contribution in [0.5, 0.6) is 5.75 Å². The quantitative estimate of drug-likeness (QED) is 0.854. The van der Waals surface area contributed by atoms with E-state index in [9.17, 15) is 14.0 Å². The van der Waals surface area contributed by atoms with E-state index in [0.717, 1.165) is 16.8 Å². The summed E-state index contributed by atoms with van der Waals surface area (Å²) in [6.45, 7) is 4.48. The second kappa shape index (κ2) is 7.15. The Labute approximate surface area is 151 Å². The molecular formula is C20H21FN2O3. The highest BCUT2D eigenvalue weighted by Gasteiger charge is 2.37. The highest BCUT2D eigenvalue weighted by Crippen LogP contribution is 2.28. The predicted molar refractivity (Wildman–Crippen MR) is 98.0 cm³/mol. The summed E-state index contributed by atoms with van der Waals surface area (Å²) in [4.78, 5) is 26.8. The molecule has 6 heteroatoms. The van der Waals surface area contributed by atoms with E-state index in [2.05, 4.69) is 5.32 Å². The zero-order chi connectivity index (χ0) is 18.8. The molecule has 26 heavy (non-hydrogen) atoms. The van der Waals surface area contributed by atoms with Gasteiger partial charge in [0, 0.05) is 24.0 Å². The molecule has 1 heterocycles. The van der Waals surface area contributed by atoms with Gasteiger partial charge >= 0.3 is 0 Å². The summed E-state index contributed by atoms with van der Waals surface area (Å²) >= 11 is 0. The van der Waals surface area contributed by atoms with Gasteiger partial charge in [0.2, 0.25) is 11.8 Å². The van der Waals surface area contributed by atoms with E-state index in [1.165, 1.54) is 19.2 Å². The van der Waals surface area contributed by atoms with Crippen molar-refractivity contribution in [1.82, 2.24) is 0 Å². The highest BCUT2D eigenvalue weighted by atomic mass is 19.1. The van der Waals surface area contributed by atoms with Crippen LogP contribution < -0.4 is 15.0 Å². The summed E-state index contributed by atoms with van der Waals surface area (Å²) in [6.07, 6.45) is 0.427. The zero-order valence-corrected chi connectivity index (χ0v) is 15.0. The molecule has 0 spiro atoms.